The summed E-state index contributed by atoms with van der Waals surface area (Å²) in [5.74, 6) is 0. The Bertz CT molecular complexity index is 2390. The summed E-state index contributed by atoms with van der Waals surface area (Å²) in [5.41, 5.74) is 14.4. The van der Waals surface area contributed by atoms with E-state index in [1.165, 1.54) is 12.1 Å². The first-order chi connectivity index (χ1) is 26.3. The molecule has 258 valence electrons. The van der Waals surface area contributed by atoms with Crippen LogP contribution in [-0.2, 0) is 6.54 Å². The van der Waals surface area contributed by atoms with E-state index in [0.29, 0.717) is 0 Å². The summed E-state index contributed by atoms with van der Waals surface area (Å²) in [6, 6.07) is 59.4. The molecule has 9 rings (SSSR count). The van der Waals surface area contributed by atoms with E-state index in [-0.39, 0.29) is 0 Å². The summed E-state index contributed by atoms with van der Waals surface area (Å²) in [6.07, 6.45) is 0.933. The van der Waals surface area contributed by atoms with Crippen LogP contribution in [0.2, 0.25) is 0 Å². The van der Waals surface area contributed by atoms with E-state index in [0.717, 1.165) is 91.8 Å². The second-order valence-electron chi connectivity index (χ2n) is 12.9. The van der Waals surface area contributed by atoms with Gasteiger partial charge in [-0.15, -0.1) is 5.10 Å². The van der Waals surface area contributed by atoms with E-state index >= 15 is 0 Å². The molecule has 0 atom stereocenters. The summed E-state index contributed by atoms with van der Waals surface area (Å²) >= 11 is 1.36. The van der Waals surface area contributed by atoms with Crippen LogP contribution < -0.4 is 14.5 Å². The number of anilines is 7. The van der Waals surface area contributed by atoms with Gasteiger partial charge in [-0.3, -0.25) is 0 Å². The number of hydrogen-bond acceptors (Lipinski definition) is 6. The molecule has 1 aliphatic heterocycles. The van der Waals surface area contributed by atoms with Crippen LogP contribution in [0.4, 0.5) is 45.5 Å². The molecule has 0 radical (unpaired) electrons. The first kappa shape index (κ1) is 32.4. The van der Waals surface area contributed by atoms with Crippen LogP contribution >= 0.6 is 12.1 Å². The van der Waals surface area contributed by atoms with Crippen LogP contribution in [-0.4, -0.2) is 15.0 Å². The number of para-hydroxylation sites is 4. The van der Waals surface area contributed by atoms with E-state index in [1.54, 1.807) is 0 Å². The molecule has 0 saturated carbocycles. The molecular weight excluding hydrogens is 671 g/mol. The standard InChI is InChI=1S/C45H36N7S/c1-2-31-50-45-41(33-25-29-39(30-26-33)52(36-19-11-5-12-20-36)37-21-13-6-14-22-37)43-42(47-53-48-43)40(44(45)46-49-50)32-23-27-38(28-24-32)51(34-15-7-3-8-16-34)35-17-9-4-10-18-35/h3-30,48H,2,31H2,1H3/q-1. The number of aryl methyl sites for hydroxylation is 1. The van der Waals surface area contributed by atoms with Crippen molar-refractivity contribution in [3.8, 4) is 22.3 Å². The lowest BCUT2D eigenvalue weighted by atomic mass is 9.93. The largest absolute Gasteiger partial charge is 0.611 e. The van der Waals surface area contributed by atoms with Gasteiger partial charge in [0.25, 0.3) is 0 Å². The van der Waals surface area contributed by atoms with Crippen molar-refractivity contribution < 1.29 is 0 Å². The fourth-order valence-electron chi connectivity index (χ4n) is 7.19. The number of benzene rings is 7. The van der Waals surface area contributed by atoms with Crippen LogP contribution in [0.15, 0.2) is 170 Å². The van der Waals surface area contributed by atoms with Crippen LogP contribution in [0.3, 0.4) is 0 Å². The summed E-state index contributed by atoms with van der Waals surface area (Å²) in [4.78, 5) is 4.55. The van der Waals surface area contributed by atoms with E-state index in [4.69, 9.17) is 15.0 Å². The van der Waals surface area contributed by atoms with Gasteiger partial charge in [0.1, 0.15) is 5.52 Å². The first-order valence-electron chi connectivity index (χ1n) is 17.9. The highest BCUT2D eigenvalue weighted by Crippen LogP contribution is 2.57. The lowest BCUT2D eigenvalue weighted by Crippen LogP contribution is -2.09. The highest BCUT2D eigenvalue weighted by atomic mass is 32.2. The third-order valence-corrected chi connectivity index (χ3v) is 10.1. The Morgan fingerprint density at radius 1 is 0.547 bits per heavy atom. The quantitative estimate of drug-likeness (QED) is 0.143. The number of hydrogen-bond donors (Lipinski definition) is 1. The molecule has 0 fully saturated rings. The van der Waals surface area contributed by atoms with Gasteiger partial charge in [-0.05, 0) is 95.9 Å². The minimum absolute atomic E-state index is 0.752. The third kappa shape index (κ3) is 6.03. The fourth-order valence-corrected chi connectivity index (χ4v) is 7.80. The number of nitrogens with zero attached hydrogens (tertiary/aromatic N) is 6. The summed E-state index contributed by atoms with van der Waals surface area (Å²) in [6.45, 7) is 2.92. The van der Waals surface area contributed by atoms with Crippen molar-refractivity contribution in [2.45, 2.75) is 19.9 Å². The van der Waals surface area contributed by atoms with Crippen LogP contribution in [0.25, 0.3) is 38.0 Å². The molecule has 0 saturated heterocycles. The van der Waals surface area contributed by atoms with Gasteiger partial charge in [-0.1, -0.05) is 115 Å². The number of rotatable bonds is 10. The molecule has 8 heteroatoms. The zero-order chi connectivity index (χ0) is 35.6. The van der Waals surface area contributed by atoms with Crippen molar-refractivity contribution >= 4 is 68.7 Å². The van der Waals surface area contributed by atoms with Gasteiger partial charge in [-0.2, -0.15) is 12.1 Å². The van der Waals surface area contributed by atoms with E-state index in [2.05, 4.69) is 167 Å². The van der Waals surface area contributed by atoms with Crippen LogP contribution in [0, 0.1) is 0 Å². The normalized spacial score (nSPS) is 11.9. The maximum absolute atomic E-state index is 4.95. The fraction of sp³-hybridized carbons (Fsp3) is 0.0667. The molecule has 7 aromatic carbocycles. The highest BCUT2D eigenvalue weighted by molar-refractivity contribution is 8.04. The van der Waals surface area contributed by atoms with Gasteiger partial charge in [0.2, 0.25) is 0 Å². The predicted octanol–water partition coefficient (Wildman–Crippen LogP) is 13.1. The maximum Gasteiger partial charge on any atom is 0.120 e. The number of aromatic nitrogens is 3. The molecule has 0 bridgehead atoms. The minimum Gasteiger partial charge on any atom is -0.611 e. The molecule has 53 heavy (non-hydrogen) atoms. The molecule has 0 spiro atoms. The first-order valence-corrected chi connectivity index (χ1v) is 18.6. The Morgan fingerprint density at radius 3 is 1.40 bits per heavy atom. The molecular formula is C45H36N7S-. The number of fused-ring (bicyclic) bond motifs is 2. The maximum atomic E-state index is 4.95. The Kier molecular flexibility index (Phi) is 8.71. The molecule has 1 N–H and O–H groups in total. The average Bonchev–Trinajstić information content (AvgIpc) is 3.88. The second kappa shape index (κ2) is 14.3. The predicted molar refractivity (Wildman–Crippen MR) is 222 cm³/mol. The molecule has 0 amide bonds. The van der Waals surface area contributed by atoms with E-state index in [9.17, 15) is 0 Å². The van der Waals surface area contributed by atoms with Gasteiger partial charge < -0.3 is 19.2 Å². The van der Waals surface area contributed by atoms with Crippen molar-refractivity contribution in [1.29, 1.82) is 0 Å². The molecule has 1 aliphatic rings. The van der Waals surface area contributed by atoms with E-state index in [1.807, 2.05) is 28.9 Å². The summed E-state index contributed by atoms with van der Waals surface area (Å²) in [7, 11) is 0. The van der Waals surface area contributed by atoms with Crippen molar-refractivity contribution in [3.05, 3.63) is 175 Å². The van der Waals surface area contributed by atoms with Gasteiger partial charge in [0, 0.05) is 51.9 Å². The van der Waals surface area contributed by atoms with Gasteiger partial charge in [-0.25, -0.2) is 4.68 Å². The Balaban J connectivity index is 1.16. The SMILES string of the molecule is CCCn1nnc2c(-c3ccc(N(c4ccccc4)c4ccccc4)cc3)c3c(c(-c4ccc(N(c5ccccc5)c5ccccc5)cc4)c21)NS[N-]3. The molecule has 1 aromatic heterocycles. The highest BCUT2D eigenvalue weighted by Gasteiger charge is 2.25. The zero-order valence-electron chi connectivity index (χ0n) is 29.2. The van der Waals surface area contributed by atoms with E-state index < -0.39 is 0 Å². The third-order valence-electron chi connectivity index (χ3n) is 9.54. The lowest BCUT2D eigenvalue weighted by molar-refractivity contribution is 0.596. The van der Waals surface area contributed by atoms with Crippen molar-refractivity contribution in [2.75, 3.05) is 14.5 Å². The smallest absolute Gasteiger partial charge is 0.120 e. The Hall–Kier alpha value is -6.51. The van der Waals surface area contributed by atoms with Crippen molar-refractivity contribution in [3.63, 3.8) is 0 Å². The van der Waals surface area contributed by atoms with Crippen molar-refractivity contribution in [1.82, 2.24) is 15.0 Å². The Morgan fingerprint density at radius 2 is 0.962 bits per heavy atom. The molecule has 2 heterocycles. The minimum atomic E-state index is 0.752. The Labute approximate surface area is 313 Å². The van der Waals surface area contributed by atoms with Gasteiger partial charge >= 0.3 is 0 Å². The second-order valence-corrected chi connectivity index (χ2v) is 13.4. The van der Waals surface area contributed by atoms with Crippen LogP contribution in [0.1, 0.15) is 13.3 Å². The summed E-state index contributed by atoms with van der Waals surface area (Å²) < 4.78 is 10.6. The molecule has 8 aromatic rings. The molecule has 0 unspecified atom stereocenters. The van der Waals surface area contributed by atoms with Crippen molar-refractivity contribution in [2.24, 2.45) is 0 Å². The lowest BCUT2D eigenvalue weighted by Gasteiger charge is -2.26. The average molecular weight is 707 g/mol. The van der Waals surface area contributed by atoms with Gasteiger partial charge in [0.15, 0.2) is 0 Å². The molecule has 7 nitrogen and oxygen atoms in total. The van der Waals surface area contributed by atoms with Crippen LogP contribution in [0.5, 0.6) is 0 Å². The summed E-state index contributed by atoms with van der Waals surface area (Å²) in [5, 5.41) is 9.57. The zero-order valence-corrected chi connectivity index (χ0v) is 30.0. The monoisotopic (exact) mass is 706 g/mol. The van der Waals surface area contributed by atoms with Gasteiger partial charge in [0.05, 0.1) is 5.52 Å². The number of nitrogens with one attached hydrogen (secondary N) is 1. The molecule has 0 aliphatic carbocycles. The topological polar surface area (TPSA) is 63.3 Å².